The second-order valence-electron chi connectivity index (χ2n) is 4.78. The van der Waals surface area contributed by atoms with Gasteiger partial charge in [0, 0.05) is 24.7 Å². The Kier molecular flexibility index (Phi) is 4.50. The largest absolute Gasteiger partial charge is 0.508 e. The zero-order valence-corrected chi connectivity index (χ0v) is 13.5. The first-order valence-corrected chi connectivity index (χ1v) is 7.69. The molecule has 3 heterocycles. The van der Waals surface area contributed by atoms with E-state index in [2.05, 4.69) is 15.0 Å². The summed E-state index contributed by atoms with van der Waals surface area (Å²) in [7, 11) is 0. The minimum atomic E-state index is -1.55. The lowest BCUT2D eigenvalue weighted by Crippen LogP contribution is -2.31. The van der Waals surface area contributed by atoms with Gasteiger partial charge in [-0.3, -0.25) is 9.78 Å². The molecule has 0 fully saturated rings. The molecule has 0 aliphatic carbocycles. The standard InChI is InChI=1S/C14H10Cl2N4O4/c15-4-3-8-6-18-11-10(19-8)12(21)20(13(11)24-14(22)23)9-2-1-7(16)5-17-9/h1-2,5-6,13H,3-4H2,(H,22,23)/t13-/m0/s1. The molecule has 3 rings (SSSR count). The van der Waals surface area contributed by atoms with Crippen LogP contribution in [-0.4, -0.2) is 38.0 Å². The smallest absolute Gasteiger partial charge is 0.450 e. The maximum atomic E-state index is 12.7. The van der Waals surface area contributed by atoms with Crippen molar-refractivity contribution in [2.24, 2.45) is 0 Å². The molecule has 0 saturated carbocycles. The van der Waals surface area contributed by atoms with Crippen molar-refractivity contribution >= 4 is 41.1 Å². The van der Waals surface area contributed by atoms with E-state index in [4.69, 9.17) is 33.0 Å². The predicted molar refractivity (Wildman–Crippen MR) is 84.4 cm³/mol. The van der Waals surface area contributed by atoms with Crippen molar-refractivity contribution in [3.05, 3.63) is 46.6 Å². The number of carbonyl (C=O) groups is 2. The number of rotatable bonds is 4. The van der Waals surface area contributed by atoms with Crippen LogP contribution < -0.4 is 4.90 Å². The van der Waals surface area contributed by atoms with Crippen molar-refractivity contribution in [2.45, 2.75) is 12.6 Å². The summed E-state index contributed by atoms with van der Waals surface area (Å²) in [5.74, 6) is -0.0663. The van der Waals surface area contributed by atoms with Crippen molar-refractivity contribution in [1.29, 1.82) is 0 Å². The number of aromatic nitrogens is 3. The molecule has 0 saturated heterocycles. The van der Waals surface area contributed by atoms with Gasteiger partial charge in [-0.05, 0) is 12.1 Å². The third kappa shape index (κ3) is 2.98. The Bertz CT molecular complexity index is 800. The number of carbonyl (C=O) groups excluding carboxylic acids is 1. The molecule has 24 heavy (non-hydrogen) atoms. The summed E-state index contributed by atoms with van der Waals surface area (Å²) in [5, 5.41) is 9.34. The second kappa shape index (κ2) is 6.58. The molecule has 1 N–H and O–H groups in total. The van der Waals surface area contributed by atoms with Crippen LogP contribution in [0.1, 0.15) is 28.1 Å². The highest BCUT2D eigenvalue weighted by molar-refractivity contribution is 6.30. The molecule has 124 valence electrons. The summed E-state index contributed by atoms with van der Waals surface area (Å²) in [4.78, 5) is 37.1. The second-order valence-corrected chi connectivity index (χ2v) is 5.59. The van der Waals surface area contributed by atoms with E-state index >= 15 is 0 Å². The van der Waals surface area contributed by atoms with Crippen molar-refractivity contribution < 1.29 is 19.4 Å². The Morgan fingerprint density at radius 3 is 2.75 bits per heavy atom. The maximum Gasteiger partial charge on any atom is 0.508 e. The van der Waals surface area contributed by atoms with Gasteiger partial charge in [0.05, 0.1) is 10.7 Å². The van der Waals surface area contributed by atoms with Crippen LogP contribution in [0.5, 0.6) is 0 Å². The van der Waals surface area contributed by atoms with E-state index in [-0.39, 0.29) is 17.2 Å². The molecule has 8 nitrogen and oxygen atoms in total. The quantitative estimate of drug-likeness (QED) is 0.652. The van der Waals surface area contributed by atoms with E-state index in [1.807, 2.05) is 0 Å². The topological polar surface area (TPSA) is 106 Å². The monoisotopic (exact) mass is 368 g/mol. The van der Waals surface area contributed by atoms with Gasteiger partial charge in [0.1, 0.15) is 11.5 Å². The van der Waals surface area contributed by atoms with Crippen LogP contribution in [-0.2, 0) is 11.2 Å². The number of amides is 1. The molecule has 1 atom stereocenters. The molecule has 2 aromatic heterocycles. The van der Waals surface area contributed by atoms with Gasteiger partial charge in [-0.15, -0.1) is 11.6 Å². The number of ether oxygens (including phenoxy) is 1. The average molecular weight is 369 g/mol. The van der Waals surface area contributed by atoms with Crippen LogP contribution >= 0.6 is 23.2 Å². The molecule has 1 amide bonds. The minimum absolute atomic E-state index is 0.0145. The fraction of sp³-hybridized carbons (Fsp3) is 0.214. The van der Waals surface area contributed by atoms with Gasteiger partial charge in [-0.2, -0.15) is 0 Å². The number of carboxylic acid groups (broad SMARTS) is 1. The summed E-state index contributed by atoms with van der Waals surface area (Å²) in [6.07, 6.45) is 0.386. The number of halogens is 2. The van der Waals surface area contributed by atoms with Gasteiger partial charge >= 0.3 is 6.16 Å². The Labute approximate surface area is 146 Å². The molecule has 0 aromatic carbocycles. The van der Waals surface area contributed by atoms with Gasteiger partial charge in [0.25, 0.3) is 5.91 Å². The number of pyridine rings is 1. The zero-order valence-electron chi connectivity index (χ0n) is 12.0. The lowest BCUT2D eigenvalue weighted by Gasteiger charge is -2.21. The highest BCUT2D eigenvalue weighted by Gasteiger charge is 2.44. The molecular weight excluding hydrogens is 359 g/mol. The molecule has 0 unspecified atom stereocenters. The van der Waals surface area contributed by atoms with E-state index in [1.54, 1.807) is 0 Å². The van der Waals surface area contributed by atoms with E-state index in [9.17, 15) is 9.59 Å². The third-order valence-electron chi connectivity index (χ3n) is 3.26. The van der Waals surface area contributed by atoms with Crippen LogP contribution in [0.25, 0.3) is 0 Å². The number of hydrogen-bond acceptors (Lipinski definition) is 6. The van der Waals surface area contributed by atoms with Crippen LogP contribution in [0.2, 0.25) is 5.02 Å². The van der Waals surface area contributed by atoms with E-state index < -0.39 is 18.3 Å². The Hall–Kier alpha value is -2.45. The average Bonchev–Trinajstić information content (AvgIpc) is 2.81. The first-order chi connectivity index (χ1) is 11.5. The van der Waals surface area contributed by atoms with Crippen molar-refractivity contribution in [1.82, 2.24) is 15.0 Å². The molecule has 1 aliphatic rings. The summed E-state index contributed by atoms with van der Waals surface area (Å²) < 4.78 is 4.83. The van der Waals surface area contributed by atoms with Crippen molar-refractivity contribution in [3.63, 3.8) is 0 Å². The van der Waals surface area contributed by atoms with Crippen LogP contribution in [0.15, 0.2) is 24.5 Å². The third-order valence-corrected chi connectivity index (χ3v) is 3.67. The Morgan fingerprint density at radius 1 is 1.33 bits per heavy atom. The fourth-order valence-electron chi connectivity index (χ4n) is 2.27. The van der Waals surface area contributed by atoms with Gasteiger partial charge < -0.3 is 9.84 Å². The first kappa shape index (κ1) is 16.4. The van der Waals surface area contributed by atoms with E-state index in [0.29, 0.717) is 23.0 Å². The van der Waals surface area contributed by atoms with Gasteiger partial charge in [0.15, 0.2) is 5.69 Å². The number of anilines is 1. The molecule has 0 spiro atoms. The number of alkyl halides is 1. The highest BCUT2D eigenvalue weighted by atomic mass is 35.5. The molecule has 0 bridgehead atoms. The van der Waals surface area contributed by atoms with Crippen LogP contribution in [0.4, 0.5) is 10.6 Å². The molecule has 10 heteroatoms. The van der Waals surface area contributed by atoms with Gasteiger partial charge in [-0.25, -0.2) is 19.7 Å². The fourth-order valence-corrected chi connectivity index (χ4v) is 2.58. The molecular formula is C14H10Cl2N4O4. The zero-order chi connectivity index (χ0) is 17.3. The predicted octanol–water partition coefficient (Wildman–Crippen LogP) is 2.66. The molecule has 2 aromatic rings. The Balaban J connectivity index is 2.06. The number of nitrogens with zero attached hydrogens (tertiary/aromatic N) is 4. The highest BCUT2D eigenvalue weighted by Crippen LogP contribution is 2.35. The number of aryl methyl sites for hydroxylation is 1. The SMILES string of the molecule is O=C(O)O[C@H]1c2ncc(CCCl)nc2C(=O)N1c1ccc(Cl)cn1. The summed E-state index contributed by atoms with van der Waals surface area (Å²) in [6.45, 7) is 0. The maximum absolute atomic E-state index is 12.7. The summed E-state index contributed by atoms with van der Waals surface area (Å²) in [5.41, 5.74) is 0.648. The summed E-state index contributed by atoms with van der Waals surface area (Å²) in [6, 6.07) is 3.00. The van der Waals surface area contributed by atoms with E-state index in [0.717, 1.165) is 4.90 Å². The van der Waals surface area contributed by atoms with Crippen molar-refractivity contribution in [2.75, 3.05) is 10.8 Å². The minimum Gasteiger partial charge on any atom is -0.450 e. The van der Waals surface area contributed by atoms with Gasteiger partial charge in [0.2, 0.25) is 6.23 Å². The molecule has 0 radical (unpaired) electrons. The van der Waals surface area contributed by atoms with E-state index in [1.165, 1.54) is 24.5 Å². The molecule has 1 aliphatic heterocycles. The van der Waals surface area contributed by atoms with Crippen LogP contribution in [0.3, 0.4) is 0 Å². The van der Waals surface area contributed by atoms with Crippen LogP contribution in [0, 0.1) is 0 Å². The van der Waals surface area contributed by atoms with Gasteiger partial charge in [-0.1, -0.05) is 11.6 Å². The summed E-state index contributed by atoms with van der Waals surface area (Å²) >= 11 is 11.5. The number of hydrogen-bond donors (Lipinski definition) is 1. The number of fused-ring (bicyclic) bond motifs is 1. The first-order valence-electron chi connectivity index (χ1n) is 6.77. The normalized spacial score (nSPS) is 16.2. The lowest BCUT2D eigenvalue weighted by atomic mass is 10.3. The lowest BCUT2D eigenvalue weighted by molar-refractivity contribution is 0.0498. The van der Waals surface area contributed by atoms with Crippen molar-refractivity contribution in [3.8, 4) is 0 Å². The Morgan fingerprint density at radius 2 is 2.12 bits per heavy atom.